The maximum absolute atomic E-state index is 11.5. The average Bonchev–Trinajstić information content (AvgIpc) is 2.51. The summed E-state index contributed by atoms with van der Waals surface area (Å²) in [4.78, 5) is 11.5. The van der Waals surface area contributed by atoms with Crippen LogP contribution in [0, 0.1) is 6.92 Å². The van der Waals surface area contributed by atoms with Crippen LogP contribution in [0.5, 0.6) is 0 Å². The molecule has 0 spiro atoms. The van der Waals surface area contributed by atoms with Gasteiger partial charge in [-0.15, -0.1) is 0 Å². The van der Waals surface area contributed by atoms with Gasteiger partial charge in [0.05, 0.1) is 0 Å². The maximum Gasteiger partial charge on any atom is 0.140 e. The molecule has 0 bridgehead atoms. The first-order valence-electron chi connectivity index (χ1n) is 4.86. The van der Waals surface area contributed by atoms with Crippen LogP contribution in [0.1, 0.15) is 36.3 Å². The third-order valence-corrected chi connectivity index (χ3v) is 2.75. The molecule has 0 saturated heterocycles. The first kappa shape index (κ1) is 8.49. The zero-order chi connectivity index (χ0) is 9.26. The molecule has 0 N–H and O–H groups in total. The van der Waals surface area contributed by atoms with Crippen molar-refractivity contribution in [2.75, 3.05) is 0 Å². The highest BCUT2D eigenvalue weighted by atomic mass is 16.1. The topological polar surface area (TPSA) is 17.1 Å². The number of carbonyl (C=O) groups is 1. The van der Waals surface area contributed by atoms with Crippen LogP contribution < -0.4 is 0 Å². The fourth-order valence-corrected chi connectivity index (χ4v) is 2.06. The van der Waals surface area contributed by atoms with Crippen LogP contribution in [0.2, 0.25) is 0 Å². The van der Waals surface area contributed by atoms with Gasteiger partial charge in [0, 0.05) is 12.3 Å². The molecular formula is C12H14O. The second-order valence-electron chi connectivity index (χ2n) is 3.83. The lowest BCUT2D eigenvalue weighted by Gasteiger charge is -2.08. The van der Waals surface area contributed by atoms with E-state index in [9.17, 15) is 4.79 Å². The van der Waals surface area contributed by atoms with E-state index in [2.05, 4.69) is 25.1 Å². The van der Waals surface area contributed by atoms with Crippen LogP contribution in [-0.2, 0) is 4.79 Å². The molecular weight excluding hydrogens is 160 g/mol. The van der Waals surface area contributed by atoms with Crippen LogP contribution in [0.25, 0.3) is 0 Å². The molecule has 1 aromatic carbocycles. The molecule has 68 valence electrons. The van der Waals surface area contributed by atoms with Crippen molar-refractivity contribution < 1.29 is 4.79 Å². The van der Waals surface area contributed by atoms with E-state index in [1.807, 2.05) is 6.07 Å². The predicted octanol–water partition coefficient (Wildman–Crippen LogP) is 2.83. The van der Waals surface area contributed by atoms with Gasteiger partial charge in [-0.05, 0) is 25.3 Å². The average molecular weight is 174 g/mol. The summed E-state index contributed by atoms with van der Waals surface area (Å²) in [5, 5.41) is 0. The van der Waals surface area contributed by atoms with Gasteiger partial charge in [-0.3, -0.25) is 4.79 Å². The summed E-state index contributed by atoms with van der Waals surface area (Å²) in [6.07, 6.45) is 2.89. The second kappa shape index (κ2) is 3.33. The van der Waals surface area contributed by atoms with Crippen LogP contribution in [0.15, 0.2) is 24.3 Å². The van der Waals surface area contributed by atoms with Gasteiger partial charge < -0.3 is 0 Å². The summed E-state index contributed by atoms with van der Waals surface area (Å²) < 4.78 is 0. The van der Waals surface area contributed by atoms with Crippen molar-refractivity contribution in [1.29, 1.82) is 0 Å². The monoisotopic (exact) mass is 174 g/mol. The largest absolute Gasteiger partial charge is 0.299 e. The van der Waals surface area contributed by atoms with Gasteiger partial charge in [-0.25, -0.2) is 0 Å². The number of carbonyl (C=O) groups excluding carboxylic acids is 1. The molecule has 1 aliphatic carbocycles. The van der Waals surface area contributed by atoms with Gasteiger partial charge in [0.25, 0.3) is 0 Å². The van der Waals surface area contributed by atoms with E-state index in [1.165, 1.54) is 11.1 Å². The fourth-order valence-electron chi connectivity index (χ4n) is 2.06. The van der Waals surface area contributed by atoms with Crippen molar-refractivity contribution in [2.24, 2.45) is 0 Å². The highest BCUT2D eigenvalue weighted by Gasteiger charge is 2.25. The van der Waals surface area contributed by atoms with Crippen molar-refractivity contribution in [1.82, 2.24) is 0 Å². The molecule has 1 aliphatic rings. The fraction of sp³-hybridized carbons (Fsp3) is 0.417. The highest BCUT2D eigenvalue weighted by molar-refractivity contribution is 5.87. The Hall–Kier alpha value is -1.11. The molecule has 13 heavy (non-hydrogen) atoms. The number of hydrogen-bond acceptors (Lipinski definition) is 1. The first-order valence-corrected chi connectivity index (χ1v) is 4.86. The van der Waals surface area contributed by atoms with Gasteiger partial charge >= 0.3 is 0 Å². The van der Waals surface area contributed by atoms with Gasteiger partial charge in [-0.2, -0.15) is 0 Å². The minimum atomic E-state index is 0.194. The summed E-state index contributed by atoms with van der Waals surface area (Å²) in [5.74, 6) is 0.616. The molecule has 0 amide bonds. The SMILES string of the molecule is Cc1cccc([C@H]2CCCC2=O)c1. The van der Waals surface area contributed by atoms with E-state index in [-0.39, 0.29) is 5.92 Å². The Balaban J connectivity index is 2.29. The molecule has 0 radical (unpaired) electrons. The Morgan fingerprint density at radius 2 is 2.23 bits per heavy atom. The first-order chi connectivity index (χ1) is 6.27. The summed E-state index contributed by atoms with van der Waals surface area (Å²) in [7, 11) is 0. The van der Waals surface area contributed by atoms with Gasteiger partial charge in [0.2, 0.25) is 0 Å². The summed E-state index contributed by atoms with van der Waals surface area (Å²) in [6, 6.07) is 8.31. The number of benzene rings is 1. The lowest BCUT2D eigenvalue weighted by atomic mass is 9.96. The summed E-state index contributed by atoms with van der Waals surface area (Å²) >= 11 is 0. The standard InChI is InChI=1S/C12H14O/c1-9-4-2-5-10(8-9)11-6-3-7-12(11)13/h2,4-5,8,11H,3,6-7H2,1H3/t11-/m1/s1. The molecule has 1 heteroatoms. The molecule has 1 atom stereocenters. The van der Waals surface area contributed by atoms with Crippen molar-refractivity contribution in [3.8, 4) is 0 Å². The van der Waals surface area contributed by atoms with Gasteiger partial charge in [0.1, 0.15) is 5.78 Å². The van der Waals surface area contributed by atoms with Crippen LogP contribution in [0.4, 0.5) is 0 Å². The second-order valence-corrected chi connectivity index (χ2v) is 3.83. The van der Waals surface area contributed by atoms with E-state index in [0.29, 0.717) is 5.78 Å². The van der Waals surface area contributed by atoms with Crippen molar-refractivity contribution in [2.45, 2.75) is 32.1 Å². The van der Waals surface area contributed by atoms with Gasteiger partial charge in [0.15, 0.2) is 0 Å². The lowest BCUT2D eigenvalue weighted by molar-refractivity contribution is -0.118. The third-order valence-electron chi connectivity index (χ3n) is 2.75. The minimum Gasteiger partial charge on any atom is -0.299 e. The van der Waals surface area contributed by atoms with E-state index in [4.69, 9.17) is 0 Å². The quantitative estimate of drug-likeness (QED) is 0.639. The number of hydrogen-bond donors (Lipinski definition) is 0. The normalized spacial score (nSPS) is 22.2. The molecule has 0 unspecified atom stereocenters. The third kappa shape index (κ3) is 1.64. The van der Waals surface area contributed by atoms with E-state index in [1.54, 1.807) is 0 Å². The van der Waals surface area contributed by atoms with Crippen LogP contribution >= 0.6 is 0 Å². The van der Waals surface area contributed by atoms with Crippen molar-refractivity contribution in [3.63, 3.8) is 0 Å². The molecule has 2 rings (SSSR count). The van der Waals surface area contributed by atoms with Crippen LogP contribution in [-0.4, -0.2) is 5.78 Å². The highest BCUT2D eigenvalue weighted by Crippen LogP contribution is 2.31. The van der Waals surface area contributed by atoms with Crippen molar-refractivity contribution >= 4 is 5.78 Å². The number of ketones is 1. The zero-order valence-electron chi connectivity index (χ0n) is 7.92. The predicted molar refractivity (Wildman–Crippen MR) is 52.8 cm³/mol. The Bertz CT molecular complexity index is 328. The number of aryl methyl sites for hydroxylation is 1. The molecule has 1 saturated carbocycles. The molecule has 0 aliphatic heterocycles. The smallest absolute Gasteiger partial charge is 0.140 e. The Labute approximate surface area is 78.8 Å². The Morgan fingerprint density at radius 3 is 2.85 bits per heavy atom. The van der Waals surface area contributed by atoms with Gasteiger partial charge in [-0.1, -0.05) is 29.8 Å². The molecule has 1 aromatic rings. The molecule has 1 fully saturated rings. The molecule has 0 heterocycles. The van der Waals surface area contributed by atoms with E-state index in [0.717, 1.165) is 19.3 Å². The Morgan fingerprint density at radius 1 is 1.38 bits per heavy atom. The summed E-state index contributed by atoms with van der Waals surface area (Å²) in [5.41, 5.74) is 2.46. The number of Topliss-reactive ketones (excluding diaryl/α,β-unsaturated/α-hetero) is 1. The van der Waals surface area contributed by atoms with E-state index >= 15 is 0 Å². The number of rotatable bonds is 1. The summed E-state index contributed by atoms with van der Waals surface area (Å²) in [6.45, 7) is 2.07. The zero-order valence-corrected chi connectivity index (χ0v) is 7.92. The minimum absolute atomic E-state index is 0.194. The van der Waals surface area contributed by atoms with Crippen molar-refractivity contribution in [3.05, 3.63) is 35.4 Å². The van der Waals surface area contributed by atoms with E-state index < -0.39 is 0 Å². The molecule has 1 nitrogen and oxygen atoms in total. The van der Waals surface area contributed by atoms with Crippen LogP contribution in [0.3, 0.4) is 0 Å². The Kier molecular flexibility index (Phi) is 2.17. The maximum atomic E-state index is 11.5. The lowest BCUT2D eigenvalue weighted by Crippen LogP contribution is -2.03. The molecule has 0 aromatic heterocycles.